The summed E-state index contributed by atoms with van der Waals surface area (Å²) >= 11 is 1.48. The van der Waals surface area contributed by atoms with E-state index in [1.165, 1.54) is 11.8 Å². The minimum absolute atomic E-state index is 0.0472. The van der Waals surface area contributed by atoms with E-state index < -0.39 is 60.2 Å². The van der Waals surface area contributed by atoms with Crippen LogP contribution < -0.4 is 27.4 Å². The summed E-state index contributed by atoms with van der Waals surface area (Å²) in [5.74, 6) is -4.29. The van der Waals surface area contributed by atoms with E-state index in [2.05, 4.69) is 16.0 Å². The lowest BCUT2D eigenvalue weighted by molar-refractivity contribution is -0.147. The number of nitrogens with two attached hydrogens (primary N) is 2. The molecule has 0 fully saturated rings. The predicted octanol–water partition coefficient (Wildman–Crippen LogP) is -0.744. The summed E-state index contributed by atoms with van der Waals surface area (Å²) in [6.45, 7) is 4.11. The second kappa shape index (κ2) is 17.1. The molecule has 0 aliphatic heterocycles. The lowest BCUT2D eigenvalue weighted by Crippen LogP contribution is -2.57. The van der Waals surface area contributed by atoms with Crippen molar-refractivity contribution in [3.05, 3.63) is 0 Å². The Balaban J connectivity index is 5.40. The number of carbonyl (C=O) groups is 5. The van der Waals surface area contributed by atoms with Crippen molar-refractivity contribution < 1.29 is 34.2 Å². The number of aliphatic carboxylic acids is 2. The summed E-state index contributed by atoms with van der Waals surface area (Å²) in [4.78, 5) is 60.4. The Morgan fingerprint density at radius 1 is 0.853 bits per heavy atom. The SMILES string of the molecule is CSCCC(NC(=O)C(N)CCCCN)C(=O)NC(CC(C)C)C(=O)NC(CC(=O)O)C(=O)O. The number of rotatable bonds is 18. The summed E-state index contributed by atoms with van der Waals surface area (Å²) in [5, 5.41) is 25.5. The monoisotopic (exact) mass is 505 g/mol. The van der Waals surface area contributed by atoms with Gasteiger partial charge in [-0.05, 0) is 50.2 Å². The van der Waals surface area contributed by atoms with E-state index in [9.17, 15) is 29.1 Å². The number of hydrogen-bond acceptors (Lipinski definition) is 8. The van der Waals surface area contributed by atoms with Crippen molar-refractivity contribution >= 4 is 41.4 Å². The highest BCUT2D eigenvalue weighted by molar-refractivity contribution is 7.98. The molecular weight excluding hydrogens is 466 g/mol. The first-order valence-corrected chi connectivity index (χ1v) is 12.6. The van der Waals surface area contributed by atoms with Gasteiger partial charge in [-0.2, -0.15) is 11.8 Å². The van der Waals surface area contributed by atoms with Gasteiger partial charge in [0.25, 0.3) is 0 Å². The summed E-state index contributed by atoms with van der Waals surface area (Å²) in [5.41, 5.74) is 11.4. The van der Waals surface area contributed by atoms with E-state index in [1.807, 2.05) is 20.1 Å². The van der Waals surface area contributed by atoms with E-state index in [-0.39, 0.29) is 12.3 Å². The number of hydrogen-bond donors (Lipinski definition) is 7. The molecule has 0 spiro atoms. The molecule has 0 aliphatic carbocycles. The van der Waals surface area contributed by atoms with Crippen LogP contribution in [0.3, 0.4) is 0 Å². The van der Waals surface area contributed by atoms with Crippen LogP contribution in [0.15, 0.2) is 0 Å². The lowest BCUT2D eigenvalue weighted by Gasteiger charge is -2.26. The van der Waals surface area contributed by atoms with Crippen LogP contribution in [0.1, 0.15) is 52.4 Å². The number of amides is 3. The fourth-order valence-electron chi connectivity index (χ4n) is 3.05. The van der Waals surface area contributed by atoms with Crippen molar-refractivity contribution in [2.24, 2.45) is 17.4 Å². The molecule has 0 saturated carbocycles. The number of carboxylic acid groups (broad SMARTS) is 2. The first kappa shape index (κ1) is 31.6. The summed E-state index contributed by atoms with van der Waals surface area (Å²) < 4.78 is 0. The molecule has 0 bridgehead atoms. The largest absolute Gasteiger partial charge is 0.481 e. The second-order valence-corrected chi connectivity index (χ2v) is 9.41. The van der Waals surface area contributed by atoms with Gasteiger partial charge < -0.3 is 37.6 Å². The molecule has 3 amide bonds. The van der Waals surface area contributed by atoms with Gasteiger partial charge in [-0.25, -0.2) is 4.79 Å². The van der Waals surface area contributed by atoms with Crippen LogP contribution >= 0.6 is 11.8 Å². The van der Waals surface area contributed by atoms with Crippen molar-refractivity contribution in [1.82, 2.24) is 16.0 Å². The van der Waals surface area contributed by atoms with Gasteiger partial charge in [0.2, 0.25) is 17.7 Å². The molecule has 34 heavy (non-hydrogen) atoms. The van der Waals surface area contributed by atoms with Crippen LogP contribution in [-0.4, -0.2) is 82.6 Å². The first-order chi connectivity index (χ1) is 15.9. The lowest BCUT2D eigenvalue weighted by atomic mass is 10.0. The predicted molar refractivity (Wildman–Crippen MR) is 129 cm³/mol. The highest BCUT2D eigenvalue weighted by atomic mass is 32.2. The maximum atomic E-state index is 13.0. The summed E-state index contributed by atoms with van der Waals surface area (Å²) in [7, 11) is 0. The third kappa shape index (κ3) is 13.4. The van der Waals surface area contributed by atoms with Gasteiger partial charge >= 0.3 is 11.9 Å². The maximum Gasteiger partial charge on any atom is 0.326 e. The maximum absolute atomic E-state index is 13.0. The fourth-order valence-corrected chi connectivity index (χ4v) is 3.52. The van der Waals surface area contributed by atoms with E-state index in [4.69, 9.17) is 16.6 Å². The molecule has 0 aromatic heterocycles. The van der Waals surface area contributed by atoms with Crippen LogP contribution in [0.4, 0.5) is 0 Å². The van der Waals surface area contributed by atoms with Crippen LogP contribution in [0.25, 0.3) is 0 Å². The van der Waals surface area contributed by atoms with Crippen LogP contribution in [-0.2, 0) is 24.0 Å². The quantitative estimate of drug-likeness (QED) is 0.116. The summed E-state index contributed by atoms with van der Waals surface area (Å²) in [6, 6.07) is -4.51. The molecule has 9 N–H and O–H groups in total. The molecule has 0 aromatic carbocycles. The van der Waals surface area contributed by atoms with Gasteiger partial charge in [-0.1, -0.05) is 20.3 Å². The Bertz CT molecular complexity index is 692. The van der Waals surface area contributed by atoms with E-state index in [1.54, 1.807) is 0 Å². The van der Waals surface area contributed by atoms with E-state index in [0.717, 1.165) is 6.42 Å². The molecule has 196 valence electrons. The fraction of sp³-hybridized carbons (Fsp3) is 0.762. The Hall–Kier alpha value is -2.38. The average molecular weight is 506 g/mol. The highest BCUT2D eigenvalue weighted by Crippen LogP contribution is 2.09. The second-order valence-electron chi connectivity index (χ2n) is 8.42. The van der Waals surface area contributed by atoms with Gasteiger partial charge in [0.15, 0.2) is 0 Å². The molecule has 0 aliphatic rings. The Labute approximate surface area is 204 Å². The van der Waals surface area contributed by atoms with Gasteiger partial charge in [-0.3, -0.25) is 19.2 Å². The zero-order chi connectivity index (χ0) is 26.3. The van der Waals surface area contributed by atoms with Gasteiger partial charge in [0.05, 0.1) is 12.5 Å². The summed E-state index contributed by atoms with van der Waals surface area (Å²) in [6.07, 6.45) is 3.32. The van der Waals surface area contributed by atoms with Crippen molar-refractivity contribution in [1.29, 1.82) is 0 Å². The molecule has 0 rings (SSSR count). The molecular formula is C21H39N5O7S. The van der Waals surface area contributed by atoms with Crippen molar-refractivity contribution in [3.63, 3.8) is 0 Å². The molecule has 4 unspecified atom stereocenters. The third-order valence-electron chi connectivity index (χ3n) is 4.88. The number of nitrogens with one attached hydrogen (secondary N) is 3. The number of carboxylic acids is 2. The normalized spacial score (nSPS) is 14.5. The molecule has 4 atom stereocenters. The number of unbranched alkanes of at least 4 members (excludes halogenated alkanes) is 1. The van der Waals surface area contributed by atoms with Crippen molar-refractivity contribution in [3.8, 4) is 0 Å². The number of thioether (sulfide) groups is 1. The van der Waals surface area contributed by atoms with Crippen molar-refractivity contribution in [2.45, 2.75) is 76.5 Å². The molecule has 0 aromatic rings. The molecule has 0 radical (unpaired) electrons. The van der Waals surface area contributed by atoms with E-state index >= 15 is 0 Å². The Kier molecular flexibility index (Phi) is 15.9. The van der Waals surface area contributed by atoms with E-state index in [0.29, 0.717) is 31.6 Å². The van der Waals surface area contributed by atoms with Crippen LogP contribution in [0.2, 0.25) is 0 Å². The standard InChI is InChI=1S/C21H39N5O7S/c1-12(2)10-15(20(31)26-16(21(32)33)11-17(27)28)25-19(30)14(7-9-34-3)24-18(29)13(23)6-4-5-8-22/h12-16H,4-11,22-23H2,1-3H3,(H,24,29)(H,25,30)(H,26,31)(H,27,28)(H,32,33). The third-order valence-corrected chi connectivity index (χ3v) is 5.53. The van der Waals surface area contributed by atoms with Gasteiger partial charge in [-0.15, -0.1) is 0 Å². The topological polar surface area (TPSA) is 214 Å². The zero-order valence-corrected chi connectivity index (χ0v) is 20.9. The number of carbonyl (C=O) groups excluding carboxylic acids is 3. The minimum Gasteiger partial charge on any atom is -0.481 e. The van der Waals surface area contributed by atoms with Crippen molar-refractivity contribution in [2.75, 3.05) is 18.6 Å². The van der Waals surface area contributed by atoms with Crippen LogP contribution in [0.5, 0.6) is 0 Å². The molecule has 12 nitrogen and oxygen atoms in total. The molecule has 0 heterocycles. The highest BCUT2D eigenvalue weighted by Gasteiger charge is 2.31. The Morgan fingerprint density at radius 3 is 1.91 bits per heavy atom. The van der Waals surface area contributed by atoms with Gasteiger partial charge in [0.1, 0.15) is 18.1 Å². The Morgan fingerprint density at radius 2 is 1.41 bits per heavy atom. The van der Waals surface area contributed by atoms with Gasteiger partial charge in [0, 0.05) is 0 Å². The van der Waals surface area contributed by atoms with Crippen LogP contribution in [0, 0.1) is 5.92 Å². The smallest absolute Gasteiger partial charge is 0.326 e. The minimum atomic E-state index is -1.64. The first-order valence-electron chi connectivity index (χ1n) is 11.2. The molecule has 13 heteroatoms. The zero-order valence-electron chi connectivity index (χ0n) is 20.0. The average Bonchev–Trinajstić information content (AvgIpc) is 2.74. The molecule has 0 saturated heterocycles.